The molecular formula is C99H130Br7N15O6S2. The first-order chi connectivity index (χ1) is 59.6. The molecule has 0 saturated carbocycles. The SMILES string of the molecule is BrCCCC[N+]1=Cc2ccccc2CC1.C1=[N+](CCCCn2ccnc2)CCc2ccccc21.C1=[N+](CCCn2ccnc2)CCc2ccccc21.CN(C)CCC[N+]1=Cc2ccccc2CC1.CS(=O)(=O)[O-].C[n+]1ccn(CCCC[N+]2=Cc3ccccc3CC2)c1.C[n+]1ccn(CCC[N+]2=Cc3ccccc3CC2)c1.Cc1ccc(S(=O)(=O)[O-])cc1.[Br-].[Br-].[Br-].[Br-].[Br-].[Br-]. The van der Waals surface area contributed by atoms with Gasteiger partial charge in [0.1, 0.15) is 113 Å². The van der Waals surface area contributed by atoms with E-state index in [4.69, 9.17) is 13.0 Å². The van der Waals surface area contributed by atoms with Crippen LogP contribution in [0.1, 0.15) is 130 Å². The number of imidazole rings is 4. The topological polar surface area (TPSA) is 189 Å². The van der Waals surface area contributed by atoms with Gasteiger partial charge in [0.2, 0.25) is 12.7 Å². The molecule has 17 rings (SSSR count). The minimum absolute atomic E-state index is 0. The fourth-order valence-corrected chi connectivity index (χ4v) is 16.3. The summed E-state index contributed by atoms with van der Waals surface area (Å²) in [5, 5.41) is 1.12. The van der Waals surface area contributed by atoms with Crippen molar-refractivity contribution in [2.24, 2.45) is 14.1 Å². The summed E-state index contributed by atoms with van der Waals surface area (Å²) < 4.78 is 86.1. The van der Waals surface area contributed by atoms with Crippen LogP contribution in [0.2, 0.25) is 0 Å². The first-order valence-corrected chi connectivity index (χ1v) is 48.0. The number of rotatable bonds is 27. The summed E-state index contributed by atoms with van der Waals surface area (Å²) >= 11 is 3.47. The molecule has 0 spiro atoms. The van der Waals surface area contributed by atoms with Gasteiger partial charge < -0.3 is 125 Å². The summed E-state index contributed by atoms with van der Waals surface area (Å²) in [6, 6.07) is 58.0. The predicted octanol–water partition coefficient (Wildman–Crippen LogP) is -5.96. The van der Waals surface area contributed by atoms with E-state index in [0.29, 0.717) is 6.26 Å². The lowest BCUT2D eigenvalue weighted by molar-refractivity contribution is -0.671. The maximum atomic E-state index is 10.4. The Labute approximate surface area is 839 Å². The van der Waals surface area contributed by atoms with Gasteiger partial charge >= 0.3 is 0 Å². The highest BCUT2D eigenvalue weighted by molar-refractivity contribution is 9.09. The Bertz CT molecular complexity index is 5500. The molecule has 30 heteroatoms. The number of hydrogen-bond donors (Lipinski definition) is 0. The molecule has 21 nitrogen and oxygen atoms in total. The Hall–Kier alpha value is -7.46. The maximum absolute atomic E-state index is 10.4. The second kappa shape index (κ2) is 62.1. The van der Waals surface area contributed by atoms with Crippen LogP contribution in [0.5, 0.6) is 0 Å². The van der Waals surface area contributed by atoms with Crippen molar-refractivity contribution in [3.05, 3.63) is 317 Å². The first kappa shape index (κ1) is 114. The van der Waals surface area contributed by atoms with Crippen LogP contribution in [0.4, 0.5) is 0 Å². The summed E-state index contributed by atoms with van der Waals surface area (Å²) in [4.78, 5) is 10.2. The van der Waals surface area contributed by atoms with Crippen LogP contribution in [-0.2, 0) is 99.0 Å². The van der Waals surface area contributed by atoms with Crippen molar-refractivity contribution in [3.63, 3.8) is 0 Å². The predicted molar refractivity (Wildman–Crippen MR) is 496 cm³/mol. The lowest BCUT2D eigenvalue weighted by atomic mass is 10.0. The van der Waals surface area contributed by atoms with Gasteiger partial charge in [-0.1, -0.05) is 143 Å². The lowest BCUT2D eigenvalue weighted by Gasteiger charge is -2.13. The largest absolute Gasteiger partial charge is 1.00 e. The van der Waals surface area contributed by atoms with Crippen molar-refractivity contribution in [3.8, 4) is 0 Å². The van der Waals surface area contributed by atoms with Crippen molar-refractivity contribution in [2.45, 2.75) is 134 Å². The van der Waals surface area contributed by atoms with E-state index in [1.165, 1.54) is 202 Å². The van der Waals surface area contributed by atoms with E-state index in [2.05, 4.69) is 334 Å². The van der Waals surface area contributed by atoms with Crippen molar-refractivity contribution in [1.29, 1.82) is 0 Å². The fraction of sp³-hybridized carbons (Fsp3) is 0.394. The summed E-state index contributed by atoms with van der Waals surface area (Å²) in [7, 11) is 0.210. The molecular weight excluding hydrogens is 2120 g/mol. The highest BCUT2D eigenvalue weighted by Gasteiger charge is 2.21. The standard InChI is InChI=1S/C17H23N3.C16H21N3.C16H20N3.C15H18N3.C14H21N2.C13H17BrN.C7H8O3S.CH4O3S.6BrH/c1-18-12-13-20(15-18)10-5-4-9-19-11-8-16-6-2-3-7-17(16)14-19;1-17-11-12-19(14-17)9-4-8-18-10-7-15-5-2-3-6-16(15)13-18;1-2-6-16-13-18(11-7-15(16)5-1)9-3-4-10-19-12-8-17-14-19;1-2-5-15-12-17(10-6-14(15)4-1)8-3-9-18-11-7-16-13-18;1-15(2)9-5-10-16-11-8-13-6-3-4-7-14(13)12-16;14-8-3-4-9-15-10-7-12-5-1-2-6-13(12)11-15;1-6-2-4-7(5-3-6)11(8,9)10;1-5(2,3)4;;;;;;/h2-3,6-7,12-15H,4-5,8-11H2,1H3;2-3,5-6,11-14H,4,7-10H2,1H3;1-2,5-6,8,12-14H,3-4,7,9-11H2;1-2,4-5,7,11-13H,3,6,8-10H2;3-4,6-7,12H,5,8-11H2,1-2H3;1-2,5-6,11H,3-4,7-10H2;2-5H,1H3,(H,8,9,10);1H3,(H,2,3,4);6*1H/q2*+2;4*+1;;;;;;;;/p-8. The molecule has 129 heavy (non-hydrogen) atoms. The van der Waals surface area contributed by atoms with Crippen LogP contribution in [-0.4, -0.2) is 235 Å². The average molecular weight is 2250 g/mol. The summed E-state index contributed by atoms with van der Waals surface area (Å²) in [5.41, 5.74) is 18.2. The molecule has 0 saturated heterocycles. The average Bonchev–Trinajstić information content (AvgIpc) is 1.87. The van der Waals surface area contributed by atoms with E-state index in [9.17, 15) is 13.0 Å². The molecule has 698 valence electrons. The molecule has 0 N–H and O–H groups in total. The van der Waals surface area contributed by atoms with Crippen LogP contribution in [0.25, 0.3) is 0 Å². The third kappa shape index (κ3) is 43.4. The zero-order chi connectivity index (χ0) is 86.9. The molecule has 0 radical (unpaired) electrons. The Balaban J connectivity index is 0.000000312. The van der Waals surface area contributed by atoms with E-state index in [-0.39, 0.29) is 107 Å². The molecule has 0 atom stereocenters. The lowest BCUT2D eigenvalue weighted by Crippen LogP contribution is -3.00. The zero-order valence-electron chi connectivity index (χ0n) is 75.5. The molecule has 0 fully saturated rings. The van der Waals surface area contributed by atoms with Crippen LogP contribution >= 0.6 is 15.9 Å². The van der Waals surface area contributed by atoms with Crippen LogP contribution in [0.3, 0.4) is 0 Å². The maximum Gasteiger partial charge on any atom is 0.243 e. The van der Waals surface area contributed by atoms with E-state index in [1.807, 2.05) is 44.4 Å². The number of unbranched alkanes of at least 4 members (excludes halogenated alkanes) is 3. The molecule has 10 heterocycles. The third-order valence-corrected chi connectivity index (χ3v) is 23.6. The Kier molecular flexibility index (Phi) is 54.8. The quantitative estimate of drug-likeness (QED) is 0.0209. The second-order valence-corrected chi connectivity index (χ2v) is 36.1. The molecule has 0 aliphatic carbocycles. The molecule has 7 aromatic carbocycles. The number of aryl methyl sites for hydroxylation is 7. The summed E-state index contributed by atoms with van der Waals surface area (Å²) in [6.45, 7) is 21.2. The van der Waals surface area contributed by atoms with Gasteiger partial charge in [-0.25, -0.2) is 72.5 Å². The van der Waals surface area contributed by atoms with Gasteiger partial charge in [-0.2, -0.15) is 0 Å². The summed E-state index contributed by atoms with van der Waals surface area (Å²) in [5.74, 6) is 0. The molecule has 6 aliphatic heterocycles. The number of fused-ring (bicyclic) bond motifs is 6. The molecule has 0 amide bonds. The minimum atomic E-state index is -4.27. The monoisotopic (exact) mass is 2240 g/mol. The molecule has 6 aliphatic rings. The Morgan fingerprint density at radius 1 is 0.364 bits per heavy atom. The Morgan fingerprint density at radius 2 is 0.628 bits per heavy atom. The molecule has 0 bridgehead atoms. The molecule has 0 unspecified atom stereocenters. The van der Waals surface area contributed by atoms with Crippen LogP contribution < -0.4 is 111 Å². The molecule has 11 aromatic rings. The van der Waals surface area contributed by atoms with Gasteiger partial charge in [0.05, 0.1) is 54.9 Å². The first-order valence-electron chi connectivity index (χ1n) is 43.7. The Morgan fingerprint density at radius 3 is 0.891 bits per heavy atom. The van der Waals surface area contributed by atoms with Gasteiger partial charge in [-0.05, 0) is 122 Å². The van der Waals surface area contributed by atoms with Gasteiger partial charge in [-0.3, -0.25) is 0 Å². The third-order valence-electron chi connectivity index (χ3n) is 22.2. The van der Waals surface area contributed by atoms with Crippen LogP contribution in [0, 0.1) is 6.92 Å². The van der Waals surface area contributed by atoms with Crippen LogP contribution in [0.15, 0.2) is 250 Å². The fourth-order valence-electron chi connectivity index (χ4n) is 15.5. The molecule has 4 aromatic heterocycles. The number of alkyl halides is 1. The van der Waals surface area contributed by atoms with Gasteiger partial charge in [-0.15, -0.1) is 0 Å². The number of aromatic nitrogens is 8. The van der Waals surface area contributed by atoms with Crippen molar-refractivity contribution in [2.75, 3.05) is 111 Å². The number of benzene rings is 7. The smallest absolute Gasteiger partial charge is 0.243 e. The van der Waals surface area contributed by atoms with Gasteiger partial charge in [0.15, 0.2) is 37.3 Å². The van der Waals surface area contributed by atoms with E-state index in [1.54, 1.807) is 12.1 Å². The normalized spacial score (nSPS) is 13.2. The second-order valence-electron chi connectivity index (χ2n) is 32.6. The van der Waals surface area contributed by atoms with E-state index >= 15 is 0 Å². The number of nitrogens with zero attached hydrogens (tertiary/aromatic N) is 15. The number of halogens is 7. The highest BCUT2D eigenvalue weighted by atomic mass is 79.9. The highest BCUT2D eigenvalue weighted by Crippen LogP contribution is 2.18. The van der Waals surface area contributed by atoms with Gasteiger partial charge in [0, 0.05) is 166 Å². The van der Waals surface area contributed by atoms with Crippen molar-refractivity contribution >= 4 is 73.5 Å². The minimum Gasteiger partial charge on any atom is -1.00 e. The number of hydrogen-bond acceptors (Lipinski definition) is 9. The van der Waals surface area contributed by atoms with Crippen molar-refractivity contribution in [1.82, 2.24) is 33.1 Å². The van der Waals surface area contributed by atoms with E-state index < -0.39 is 20.2 Å². The van der Waals surface area contributed by atoms with Crippen molar-refractivity contribution < 1.29 is 164 Å². The van der Waals surface area contributed by atoms with E-state index in [0.717, 1.165) is 95.7 Å². The summed E-state index contributed by atoms with van der Waals surface area (Å²) in [6.07, 6.45) is 56.9. The van der Waals surface area contributed by atoms with Gasteiger partial charge in [0.25, 0.3) is 0 Å². The zero-order valence-corrected chi connectivity index (χ0v) is 88.2.